The van der Waals surface area contributed by atoms with Crippen molar-refractivity contribution in [2.75, 3.05) is 13.2 Å². The molecule has 0 saturated heterocycles. The number of unbranched alkanes of at least 4 members (excludes halogenated alkanes) is 25. The van der Waals surface area contributed by atoms with Crippen molar-refractivity contribution < 1.29 is 28.6 Å². The zero-order chi connectivity index (χ0) is 48.6. The molecule has 0 aromatic heterocycles. The summed E-state index contributed by atoms with van der Waals surface area (Å²) in [6.45, 7) is 6.45. The molecule has 1 atom stereocenters. The van der Waals surface area contributed by atoms with Gasteiger partial charge in [0.25, 0.3) is 0 Å². The number of hydrogen-bond donors (Lipinski definition) is 0. The topological polar surface area (TPSA) is 78.9 Å². The molecule has 0 aromatic rings. The van der Waals surface area contributed by atoms with Crippen LogP contribution in [0.3, 0.4) is 0 Å². The number of rotatable bonds is 50. The lowest BCUT2D eigenvalue weighted by Gasteiger charge is -2.18. The minimum absolute atomic E-state index is 0.104. The summed E-state index contributed by atoms with van der Waals surface area (Å²) in [5.74, 6) is -0.978. The second-order valence-corrected chi connectivity index (χ2v) is 18.5. The summed E-state index contributed by atoms with van der Waals surface area (Å²) in [5.41, 5.74) is 0. The monoisotopic (exact) mass is 933 g/mol. The van der Waals surface area contributed by atoms with Crippen LogP contribution >= 0.6 is 0 Å². The molecule has 0 aliphatic heterocycles. The van der Waals surface area contributed by atoms with Gasteiger partial charge < -0.3 is 14.2 Å². The molecule has 0 aromatic carbocycles. The number of carbonyl (C=O) groups is 3. The Kier molecular flexibility index (Phi) is 52.4. The van der Waals surface area contributed by atoms with Crippen molar-refractivity contribution in [3.05, 3.63) is 85.1 Å². The molecule has 0 radical (unpaired) electrons. The van der Waals surface area contributed by atoms with Crippen molar-refractivity contribution in [3.8, 4) is 0 Å². The maximum atomic E-state index is 12.8. The molecule has 0 N–H and O–H groups in total. The smallest absolute Gasteiger partial charge is 0.306 e. The Balaban J connectivity index is 4.47. The summed E-state index contributed by atoms with van der Waals surface area (Å²) in [7, 11) is 0. The van der Waals surface area contributed by atoms with E-state index in [1.54, 1.807) is 0 Å². The van der Waals surface area contributed by atoms with E-state index in [9.17, 15) is 14.4 Å². The molecule has 0 spiro atoms. The molecule has 1 unspecified atom stereocenters. The van der Waals surface area contributed by atoms with Gasteiger partial charge in [0, 0.05) is 19.3 Å². The van der Waals surface area contributed by atoms with Crippen LogP contribution in [-0.2, 0) is 28.6 Å². The van der Waals surface area contributed by atoms with Crippen molar-refractivity contribution in [2.45, 2.75) is 271 Å². The van der Waals surface area contributed by atoms with E-state index in [1.165, 1.54) is 122 Å². The van der Waals surface area contributed by atoms with Gasteiger partial charge in [-0.05, 0) is 89.9 Å². The summed E-state index contributed by atoms with van der Waals surface area (Å²) < 4.78 is 16.8. The first-order valence-electron chi connectivity index (χ1n) is 28.1. The van der Waals surface area contributed by atoms with Crippen LogP contribution in [0.2, 0.25) is 0 Å². The first kappa shape index (κ1) is 63.6. The van der Waals surface area contributed by atoms with E-state index >= 15 is 0 Å². The first-order chi connectivity index (χ1) is 33.0. The minimum Gasteiger partial charge on any atom is -0.462 e. The third kappa shape index (κ3) is 53.4. The zero-order valence-electron chi connectivity index (χ0n) is 43.9. The quantitative estimate of drug-likeness (QED) is 0.0262. The van der Waals surface area contributed by atoms with Gasteiger partial charge in [-0.25, -0.2) is 0 Å². The molecule has 6 nitrogen and oxygen atoms in total. The van der Waals surface area contributed by atoms with Gasteiger partial charge >= 0.3 is 17.9 Å². The third-order valence-electron chi connectivity index (χ3n) is 11.9. The predicted octanol–water partition coefficient (Wildman–Crippen LogP) is 18.8. The molecule has 0 bridgehead atoms. The Morgan fingerprint density at radius 2 is 0.597 bits per heavy atom. The van der Waals surface area contributed by atoms with Crippen molar-refractivity contribution >= 4 is 17.9 Å². The molecule has 6 heteroatoms. The molecular formula is C61H104O6. The Morgan fingerprint density at radius 1 is 0.313 bits per heavy atom. The fourth-order valence-corrected chi connectivity index (χ4v) is 7.68. The molecule has 384 valence electrons. The van der Waals surface area contributed by atoms with E-state index < -0.39 is 6.10 Å². The standard InChI is InChI=1S/C61H104O6/c1-4-7-10-13-16-19-22-25-28-30-32-33-36-39-42-45-48-51-54-60(63)66-57-58(56-65-59(62)53-50-47-44-41-38-35-27-24-21-18-15-12-9-6-3)67-61(64)55-52-49-46-43-40-37-34-31-29-26-23-20-17-14-11-8-5-2/h9,12,17-18,20-21,26-27,29,34-35,37,43,46,58H,4-8,10-11,13-16,19,22-25,28,30-33,36,38-42,44-45,47-57H2,1-3H3/b12-9-,20-17-,21-18-,29-26-,35-27-,37-34-,46-43-. The van der Waals surface area contributed by atoms with Crippen LogP contribution in [0.15, 0.2) is 85.1 Å². The highest BCUT2D eigenvalue weighted by molar-refractivity contribution is 5.71. The van der Waals surface area contributed by atoms with E-state index in [2.05, 4.69) is 106 Å². The largest absolute Gasteiger partial charge is 0.462 e. The maximum absolute atomic E-state index is 12.8. The van der Waals surface area contributed by atoms with E-state index in [4.69, 9.17) is 14.2 Å². The van der Waals surface area contributed by atoms with Gasteiger partial charge in [0.15, 0.2) is 6.10 Å². The molecule has 0 fully saturated rings. The number of esters is 3. The first-order valence-corrected chi connectivity index (χ1v) is 28.1. The van der Waals surface area contributed by atoms with Gasteiger partial charge in [-0.15, -0.1) is 0 Å². The molecule has 0 heterocycles. The normalized spacial score (nSPS) is 12.7. The highest BCUT2D eigenvalue weighted by Gasteiger charge is 2.19. The SMILES string of the molecule is CC/C=C\C/C=C\C/C=C\CCCCCCC(=O)OCC(COC(=O)CCCCCCCCCCCCCCCCCCCC)OC(=O)CCC/C=C\C/C=C\C/C=C\C/C=C\CCCCC. The Hall–Kier alpha value is -3.41. The predicted molar refractivity (Wildman–Crippen MR) is 288 cm³/mol. The van der Waals surface area contributed by atoms with Crippen LogP contribution in [0.5, 0.6) is 0 Å². The average Bonchev–Trinajstić information content (AvgIpc) is 3.33. The third-order valence-corrected chi connectivity index (χ3v) is 11.9. The van der Waals surface area contributed by atoms with Gasteiger partial charge in [-0.2, -0.15) is 0 Å². The maximum Gasteiger partial charge on any atom is 0.306 e. The second kappa shape index (κ2) is 55.2. The van der Waals surface area contributed by atoms with Crippen LogP contribution in [0.4, 0.5) is 0 Å². The van der Waals surface area contributed by atoms with Gasteiger partial charge in [0.05, 0.1) is 0 Å². The van der Waals surface area contributed by atoms with Gasteiger partial charge in [-0.3, -0.25) is 14.4 Å². The lowest BCUT2D eigenvalue weighted by atomic mass is 10.0. The Morgan fingerprint density at radius 3 is 0.985 bits per heavy atom. The average molecular weight is 933 g/mol. The van der Waals surface area contributed by atoms with E-state index in [0.29, 0.717) is 19.3 Å². The molecule has 0 aliphatic carbocycles. The van der Waals surface area contributed by atoms with E-state index in [0.717, 1.165) is 96.3 Å². The van der Waals surface area contributed by atoms with Crippen LogP contribution in [0.1, 0.15) is 265 Å². The van der Waals surface area contributed by atoms with Gasteiger partial charge in [0.2, 0.25) is 0 Å². The van der Waals surface area contributed by atoms with Crippen LogP contribution in [0, 0.1) is 0 Å². The Bertz CT molecular complexity index is 1300. The summed E-state index contributed by atoms with van der Waals surface area (Å²) >= 11 is 0. The second-order valence-electron chi connectivity index (χ2n) is 18.5. The van der Waals surface area contributed by atoms with Crippen LogP contribution in [-0.4, -0.2) is 37.2 Å². The van der Waals surface area contributed by atoms with Crippen molar-refractivity contribution in [1.82, 2.24) is 0 Å². The zero-order valence-corrected chi connectivity index (χ0v) is 43.9. The summed E-state index contributed by atoms with van der Waals surface area (Å²) in [5, 5.41) is 0. The molecule has 0 amide bonds. The summed E-state index contributed by atoms with van der Waals surface area (Å²) in [6, 6.07) is 0. The number of ether oxygens (including phenoxy) is 3. The van der Waals surface area contributed by atoms with E-state index in [1.807, 2.05) is 0 Å². The highest BCUT2D eigenvalue weighted by Crippen LogP contribution is 2.16. The lowest BCUT2D eigenvalue weighted by Crippen LogP contribution is -2.30. The van der Waals surface area contributed by atoms with Crippen LogP contribution < -0.4 is 0 Å². The molecule has 0 saturated carbocycles. The summed E-state index contributed by atoms with van der Waals surface area (Å²) in [4.78, 5) is 38.1. The Labute approximate surface area is 414 Å². The van der Waals surface area contributed by atoms with Crippen molar-refractivity contribution in [1.29, 1.82) is 0 Å². The molecule has 67 heavy (non-hydrogen) atoms. The van der Waals surface area contributed by atoms with Gasteiger partial charge in [-0.1, -0.05) is 241 Å². The van der Waals surface area contributed by atoms with Crippen molar-refractivity contribution in [2.24, 2.45) is 0 Å². The highest BCUT2D eigenvalue weighted by atomic mass is 16.6. The lowest BCUT2D eigenvalue weighted by molar-refractivity contribution is -0.167. The van der Waals surface area contributed by atoms with Crippen molar-refractivity contribution in [3.63, 3.8) is 0 Å². The molecule has 0 aliphatic rings. The van der Waals surface area contributed by atoms with Gasteiger partial charge in [0.1, 0.15) is 13.2 Å². The van der Waals surface area contributed by atoms with E-state index in [-0.39, 0.29) is 37.5 Å². The number of hydrogen-bond acceptors (Lipinski definition) is 6. The summed E-state index contributed by atoms with van der Waals surface area (Å²) in [6.07, 6.45) is 71.5. The fourth-order valence-electron chi connectivity index (χ4n) is 7.68. The minimum atomic E-state index is -0.813. The molecule has 0 rings (SSSR count). The fraction of sp³-hybridized carbons (Fsp3) is 0.721. The van der Waals surface area contributed by atoms with Crippen LogP contribution in [0.25, 0.3) is 0 Å². The number of carbonyl (C=O) groups excluding carboxylic acids is 3. The number of allylic oxidation sites excluding steroid dienone is 14. The molecular weight excluding hydrogens is 829 g/mol.